The number of halogens is 1. The first-order chi connectivity index (χ1) is 11.9. The zero-order valence-corrected chi connectivity index (χ0v) is 13.9. The molecule has 0 unspecified atom stereocenters. The Balaban J connectivity index is 2.62. The van der Waals surface area contributed by atoms with Crippen molar-refractivity contribution in [3.63, 3.8) is 0 Å². The average Bonchev–Trinajstić information content (AvgIpc) is 2.59. The Kier molecular flexibility index (Phi) is 5.67. The normalized spacial score (nSPS) is 10.5. The van der Waals surface area contributed by atoms with Gasteiger partial charge in [0.25, 0.3) is 5.56 Å². The van der Waals surface area contributed by atoms with E-state index in [-0.39, 0.29) is 28.8 Å². The molecular weight excluding hydrogens is 327 g/mol. The summed E-state index contributed by atoms with van der Waals surface area (Å²) in [4.78, 5) is 25.1. The number of carbonyl (C=O) groups is 1. The van der Waals surface area contributed by atoms with E-state index >= 15 is 0 Å². The molecule has 6 nitrogen and oxygen atoms in total. The van der Waals surface area contributed by atoms with Crippen molar-refractivity contribution >= 4 is 5.78 Å². The third kappa shape index (κ3) is 3.59. The number of pyridine rings is 1. The van der Waals surface area contributed by atoms with Crippen LogP contribution in [0.25, 0.3) is 0 Å². The minimum Gasteiger partial charge on any atom is -0.494 e. The van der Waals surface area contributed by atoms with Gasteiger partial charge in [-0.25, -0.2) is 4.39 Å². The van der Waals surface area contributed by atoms with Crippen LogP contribution in [0.3, 0.4) is 0 Å². The lowest BCUT2D eigenvalue weighted by Crippen LogP contribution is -2.27. The van der Waals surface area contributed by atoms with Gasteiger partial charge in [0.1, 0.15) is 17.4 Å². The molecule has 0 radical (unpaired) electrons. The predicted octanol–water partition coefficient (Wildman–Crippen LogP) is 2.14. The van der Waals surface area contributed by atoms with Gasteiger partial charge < -0.3 is 9.84 Å². The highest BCUT2D eigenvalue weighted by Gasteiger charge is 2.24. The van der Waals surface area contributed by atoms with Crippen LogP contribution in [-0.4, -0.2) is 29.2 Å². The molecule has 0 amide bonds. The summed E-state index contributed by atoms with van der Waals surface area (Å²) in [7, 11) is 1.50. The lowest BCUT2D eigenvalue weighted by atomic mass is 9.97. The van der Waals surface area contributed by atoms with Crippen LogP contribution >= 0.6 is 0 Å². The molecular formula is C18H17FN2O4. The summed E-state index contributed by atoms with van der Waals surface area (Å²) in [5, 5.41) is 19.7. The molecule has 2 aromatic rings. The van der Waals surface area contributed by atoms with E-state index < -0.39 is 23.0 Å². The number of hydrogen-bond acceptors (Lipinski definition) is 5. The van der Waals surface area contributed by atoms with Gasteiger partial charge in [0.05, 0.1) is 5.56 Å². The number of nitrogens with zero attached hydrogens (tertiary/aromatic N) is 2. The lowest BCUT2D eigenvalue weighted by molar-refractivity contribution is 0.103. The Morgan fingerprint density at radius 3 is 2.56 bits per heavy atom. The second kappa shape index (κ2) is 7.73. The Bertz CT molecular complexity index is 895. The number of methoxy groups -OCH3 is 1. The van der Waals surface area contributed by atoms with Gasteiger partial charge in [0.15, 0.2) is 5.78 Å². The van der Waals surface area contributed by atoms with Crippen LogP contribution < -0.4 is 5.56 Å². The Morgan fingerprint density at radius 2 is 2.00 bits per heavy atom. The van der Waals surface area contributed by atoms with Gasteiger partial charge in [0, 0.05) is 25.8 Å². The smallest absolute Gasteiger partial charge is 0.271 e. The molecule has 1 aromatic carbocycles. The number of carbonyl (C=O) groups excluding carboxylic acids is 1. The predicted molar refractivity (Wildman–Crippen MR) is 88.1 cm³/mol. The van der Waals surface area contributed by atoms with Gasteiger partial charge in [-0.1, -0.05) is 0 Å². The maximum atomic E-state index is 13.1. The fraction of sp³-hybridized carbons (Fsp3) is 0.278. The zero-order valence-electron chi connectivity index (χ0n) is 13.9. The molecule has 0 saturated carbocycles. The van der Waals surface area contributed by atoms with Crippen LogP contribution in [0.4, 0.5) is 4.39 Å². The molecule has 0 atom stereocenters. The summed E-state index contributed by atoms with van der Waals surface area (Å²) in [6.45, 7) is 1.87. The van der Waals surface area contributed by atoms with Gasteiger partial charge in [0.2, 0.25) is 5.88 Å². The first kappa shape index (κ1) is 18.4. The van der Waals surface area contributed by atoms with Crippen LogP contribution in [0.2, 0.25) is 0 Å². The number of aromatic hydroxyl groups is 1. The minimum atomic E-state index is -0.663. The second-order valence-corrected chi connectivity index (χ2v) is 5.45. The van der Waals surface area contributed by atoms with Gasteiger partial charge >= 0.3 is 0 Å². The van der Waals surface area contributed by atoms with Crippen molar-refractivity contribution in [2.45, 2.75) is 19.9 Å². The molecule has 0 spiro atoms. The third-order valence-electron chi connectivity index (χ3n) is 3.86. The Hall–Kier alpha value is -2.98. The summed E-state index contributed by atoms with van der Waals surface area (Å²) in [6.07, 6.45) is 0.419. The van der Waals surface area contributed by atoms with Crippen molar-refractivity contribution in [1.82, 2.24) is 4.57 Å². The van der Waals surface area contributed by atoms with Crippen LogP contribution in [-0.2, 0) is 11.3 Å². The summed E-state index contributed by atoms with van der Waals surface area (Å²) < 4.78 is 19.0. The molecule has 25 heavy (non-hydrogen) atoms. The van der Waals surface area contributed by atoms with E-state index in [1.165, 1.54) is 26.2 Å². The number of benzene rings is 1. The highest BCUT2D eigenvalue weighted by Crippen LogP contribution is 2.25. The number of rotatable bonds is 6. The van der Waals surface area contributed by atoms with Crippen molar-refractivity contribution in [2.24, 2.45) is 0 Å². The summed E-state index contributed by atoms with van der Waals surface area (Å²) >= 11 is 0. The van der Waals surface area contributed by atoms with E-state index in [1.54, 1.807) is 6.07 Å². The minimum absolute atomic E-state index is 0.0944. The maximum absolute atomic E-state index is 13.1. The number of nitriles is 1. The molecule has 0 aliphatic rings. The van der Waals surface area contributed by atoms with Crippen LogP contribution in [0.5, 0.6) is 5.88 Å². The Morgan fingerprint density at radius 1 is 1.36 bits per heavy atom. The number of aromatic nitrogens is 1. The summed E-state index contributed by atoms with van der Waals surface area (Å²) in [6, 6.07) is 6.60. The van der Waals surface area contributed by atoms with E-state index in [2.05, 4.69) is 0 Å². The monoisotopic (exact) mass is 344 g/mol. The molecule has 1 aromatic heterocycles. The fourth-order valence-corrected chi connectivity index (χ4v) is 2.54. The molecule has 0 fully saturated rings. The van der Waals surface area contributed by atoms with Gasteiger partial charge in [-0.05, 0) is 43.2 Å². The van der Waals surface area contributed by atoms with E-state index in [0.717, 1.165) is 16.7 Å². The average molecular weight is 344 g/mol. The molecule has 0 bridgehead atoms. The van der Waals surface area contributed by atoms with Crippen molar-refractivity contribution in [1.29, 1.82) is 5.26 Å². The molecule has 1 N–H and O–H groups in total. The Labute approximate surface area is 143 Å². The highest BCUT2D eigenvalue weighted by molar-refractivity contribution is 6.11. The lowest BCUT2D eigenvalue weighted by Gasteiger charge is -2.15. The molecule has 0 saturated heterocycles. The summed E-state index contributed by atoms with van der Waals surface area (Å²) in [5.74, 6) is -1.60. The van der Waals surface area contributed by atoms with Gasteiger partial charge in [-0.3, -0.25) is 14.2 Å². The van der Waals surface area contributed by atoms with Crippen molar-refractivity contribution in [2.75, 3.05) is 13.7 Å². The number of hydrogen-bond donors (Lipinski definition) is 1. The van der Waals surface area contributed by atoms with E-state index in [4.69, 9.17) is 4.74 Å². The third-order valence-corrected chi connectivity index (χ3v) is 3.86. The maximum Gasteiger partial charge on any atom is 0.271 e. The standard InChI is InChI=1S/C18H17FN2O4/c1-11-14(10-20)17(23)21(8-3-9-25-2)18(24)15(11)16(22)12-4-6-13(19)7-5-12/h4-7,24H,3,8-9H2,1-2H3. The first-order valence-electron chi connectivity index (χ1n) is 7.58. The van der Waals surface area contributed by atoms with E-state index in [9.17, 15) is 24.3 Å². The molecule has 7 heteroatoms. The van der Waals surface area contributed by atoms with Gasteiger partial charge in [-0.15, -0.1) is 0 Å². The summed E-state index contributed by atoms with van der Waals surface area (Å²) in [5.41, 5.74) is -0.766. The largest absolute Gasteiger partial charge is 0.494 e. The molecule has 1 heterocycles. The quantitative estimate of drug-likeness (QED) is 0.640. The molecule has 2 rings (SSSR count). The van der Waals surface area contributed by atoms with E-state index in [0.29, 0.717) is 13.0 Å². The zero-order chi connectivity index (χ0) is 18.6. The van der Waals surface area contributed by atoms with Crippen LogP contribution in [0.1, 0.15) is 33.5 Å². The van der Waals surface area contributed by atoms with Crippen molar-refractivity contribution < 1.29 is 19.0 Å². The van der Waals surface area contributed by atoms with Crippen LogP contribution in [0, 0.1) is 24.1 Å². The molecule has 0 aliphatic heterocycles. The fourth-order valence-electron chi connectivity index (χ4n) is 2.54. The van der Waals surface area contributed by atoms with Crippen LogP contribution in [0.15, 0.2) is 29.1 Å². The second-order valence-electron chi connectivity index (χ2n) is 5.45. The molecule has 0 aliphatic carbocycles. The van der Waals surface area contributed by atoms with Crippen molar-refractivity contribution in [3.05, 3.63) is 62.7 Å². The molecule has 130 valence electrons. The van der Waals surface area contributed by atoms with E-state index in [1.807, 2.05) is 0 Å². The number of ketones is 1. The SMILES string of the molecule is COCCCn1c(O)c(C(=O)c2ccc(F)cc2)c(C)c(C#N)c1=O. The first-order valence-corrected chi connectivity index (χ1v) is 7.58. The van der Waals surface area contributed by atoms with Crippen molar-refractivity contribution in [3.8, 4) is 11.9 Å². The number of ether oxygens (including phenoxy) is 1. The topological polar surface area (TPSA) is 92.3 Å². The highest BCUT2D eigenvalue weighted by atomic mass is 19.1. The van der Waals surface area contributed by atoms with Gasteiger partial charge in [-0.2, -0.15) is 5.26 Å².